The molecule has 0 radical (unpaired) electrons. The van der Waals surface area contributed by atoms with Crippen LogP contribution in [-0.4, -0.2) is 51.7 Å². The van der Waals surface area contributed by atoms with Crippen molar-refractivity contribution in [3.05, 3.63) is 59.7 Å². The fraction of sp³-hybridized carbons (Fsp3) is 0.417. The number of benzene rings is 2. The second-order valence-electron chi connectivity index (χ2n) is 8.05. The Morgan fingerprint density at radius 3 is 2.31 bits per heavy atom. The molecule has 0 bridgehead atoms. The van der Waals surface area contributed by atoms with E-state index in [2.05, 4.69) is 15.5 Å². The average Bonchev–Trinajstić information content (AvgIpc) is 2.80. The van der Waals surface area contributed by atoms with Gasteiger partial charge in [0.05, 0.1) is 10.6 Å². The van der Waals surface area contributed by atoms with Gasteiger partial charge in [0.1, 0.15) is 0 Å². The molecule has 1 heterocycles. The number of nitrogens with zero attached hydrogens (tertiary/aromatic N) is 1. The highest BCUT2D eigenvalue weighted by atomic mass is 32.2. The molecule has 1 fully saturated rings. The molecule has 1 aliphatic heterocycles. The SMILES string of the molecule is CCS(=O)(=O)c1ccc(N2CCC(NC(=O)CCNC(=O)c3ccccc3C)CC2)cc1. The molecule has 0 aliphatic carbocycles. The molecule has 2 aromatic rings. The van der Waals surface area contributed by atoms with Crippen molar-refractivity contribution in [2.24, 2.45) is 0 Å². The molecule has 8 heteroatoms. The summed E-state index contributed by atoms with van der Waals surface area (Å²) in [5.41, 5.74) is 2.52. The van der Waals surface area contributed by atoms with Crippen molar-refractivity contribution in [1.82, 2.24) is 10.6 Å². The van der Waals surface area contributed by atoms with Crippen molar-refractivity contribution in [1.29, 1.82) is 0 Å². The number of carbonyl (C=O) groups excluding carboxylic acids is 2. The Morgan fingerprint density at radius 2 is 1.69 bits per heavy atom. The third kappa shape index (κ3) is 6.09. The normalized spacial score (nSPS) is 14.8. The molecule has 3 rings (SSSR count). The molecule has 0 saturated carbocycles. The van der Waals surface area contributed by atoms with Gasteiger partial charge in [0.15, 0.2) is 9.84 Å². The molecule has 2 N–H and O–H groups in total. The van der Waals surface area contributed by atoms with Crippen molar-refractivity contribution in [2.45, 2.75) is 44.0 Å². The van der Waals surface area contributed by atoms with Crippen LogP contribution < -0.4 is 15.5 Å². The summed E-state index contributed by atoms with van der Waals surface area (Å²) < 4.78 is 23.9. The van der Waals surface area contributed by atoms with Crippen molar-refractivity contribution >= 4 is 27.3 Å². The first-order chi connectivity index (χ1) is 15.3. The number of sulfone groups is 1. The zero-order valence-electron chi connectivity index (χ0n) is 18.6. The van der Waals surface area contributed by atoms with Gasteiger partial charge in [-0.15, -0.1) is 0 Å². The van der Waals surface area contributed by atoms with Gasteiger partial charge in [-0.2, -0.15) is 0 Å². The number of anilines is 1. The number of nitrogens with one attached hydrogen (secondary N) is 2. The van der Waals surface area contributed by atoms with Crippen LogP contribution in [-0.2, 0) is 14.6 Å². The van der Waals surface area contributed by atoms with Gasteiger partial charge in [0.2, 0.25) is 5.91 Å². The maximum absolute atomic E-state index is 12.3. The monoisotopic (exact) mass is 457 g/mol. The van der Waals surface area contributed by atoms with E-state index in [-0.39, 0.29) is 30.0 Å². The second kappa shape index (κ2) is 10.6. The molecular weight excluding hydrogens is 426 g/mol. The maximum atomic E-state index is 12.3. The van der Waals surface area contributed by atoms with E-state index in [1.54, 1.807) is 25.1 Å². The first-order valence-corrected chi connectivity index (χ1v) is 12.7. The molecule has 1 aliphatic rings. The molecular formula is C24H31N3O4S. The summed E-state index contributed by atoms with van der Waals surface area (Å²) in [4.78, 5) is 27.0. The van der Waals surface area contributed by atoms with Gasteiger partial charge in [-0.3, -0.25) is 9.59 Å². The largest absolute Gasteiger partial charge is 0.371 e. The summed E-state index contributed by atoms with van der Waals surface area (Å²) in [6.07, 6.45) is 1.87. The minimum absolute atomic E-state index is 0.0670. The Kier molecular flexibility index (Phi) is 7.90. The van der Waals surface area contributed by atoms with Crippen LogP contribution in [0.2, 0.25) is 0 Å². The van der Waals surface area contributed by atoms with Crippen LogP contribution in [0.15, 0.2) is 53.4 Å². The molecule has 32 heavy (non-hydrogen) atoms. The fourth-order valence-electron chi connectivity index (χ4n) is 3.83. The molecule has 0 unspecified atom stereocenters. The van der Waals surface area contributed by atoms with Crippen molar-refractivity contribution in [3.63, 3.8) is 0 Å². The number of amides is 2. The Hall–Kier alpha value is -2.87. The second-order valence-corrected chi connectivity index (χ2v) is 10.3. The van der Waals surface area contributed by atoms with E-state index in [9.17, 15) is 18.0 Å². The van der Waals surface area contributed by atoms with E-state index in [0.29, 0.717) is 17.0 Å². The van der Waals surface area contributed by atoms with Crippen molar-refractivity contribution < 1.29 is 18.0 Å². The van der Waals surface area contributed by atoms with Gasteiger partial charge < -0.3 is 15.5 Å². The van der Waals surface area contributed by atoms with Crippen LogP contribution in [0.4, 0.5) is 5.69 Å². The minimum Gasteiger partial charge on any atom is -0.371 e. The van der Waals surface area contributed by atoms with Crippen LogP contribution in [0.25, 0.3) is 0 Å². The minimum atomic E-state index is -3.19. The molecule has 0 aromatic heterocycles. The Bertz CT molecular complexity index is 1040. The average molecular weight is 458 g/mol. The number of hydrogen-bond acceptors (Lipinski definition) is 5. The van der Waals surface area contributed by atoms with E-state index in [0.717, 1.165) is 37.2 Å². The summed E-state index contributed by atoms with van der Waals surface area (Å²) in [5.74, 6) is -0.142. The first-order valence-electron chi connectivity index (χ1n) is 11.0. The molecule has 7 nitrogen and oxygen atoms in total. The highest BCUT2D eigenvalue weighted by molar-refractivity contribution is 7.91. The number of carbonyl (C=O) groups is 2. The third-order valence-electron chi connectivity index (χ3n) is 5.83. The number of hydrogen-bond donors (Lipinski definition) is 2. The lowest BCUT2D eigenvalue weighted by Gasteiger charge is -2.34. The summed E-state index contributed by atoms with van der Waals surface area (Å²) in [6, 6.07) is 14.5. The Labute approximate surface area is 190 Å². The number of aryl methyl sites for hydroxylation is 1. The van der Waals surface area contributed by atoms with E-state index >= 15 is 0 Å². The highest BCUT2D eigenvalue weighted by Gasteiger charge is 2.21. The first kappa shape index (κ1) is 23.8. The van der Waals surface area contributed by atoms with Gasteiger partial charge in [-0.1, -0.05) is 25.1 Å². The zero-order valence-corrected chi connectivity index (χ0v) is 19.5. The van der Waals surface area contributed by atoms with E-state index in [1.165, 1.54) is 0 Å². The van der Waals surface area contributed by atoms with Gasteiger partial charge >= 0.3 is 0 Å². The van der Waals surface area contributed by atoms with E-state index in [1.807, 2.05) is 37.3 Å². The van der Waals surface area contributed by atoms with Gasteiger partial charge in [0, 0.05) is 43.3 Å². The lowest BCUT2D eigenvalue weighted by molar-refractivity contribution is -0.121. The van der Waals surface area contributed by atoms with Crippen LogP contribution in [0.5, 0.6) is 0 Å². The molecule has 2 aromatic carbocycles. The topological polar surface area (TPSA) is 95.6 Å². The fourth-order valence-corrected chi connectivity index (χ4v) is 4.71. The van der Waals surface area contributed by atoms with Gasteiger partial charge in [-0.25, -0.2) is 8.42 Å². The zero-order chi connectivity index (χ0) is 23.1. The van der Waals surface area contributed by atoms with Crippen molar-refractivity contribution in [2.75, 3.05) is 30.3 Å². The Morgan fingerprint density at radius 1 is 1.03 bits per heavy atom. The predicted molar refractivity (Wildman–Crippen MR) is 126 cm³/mol. The molecule has 0 atom stereocenters. The third-order valence-corrected chi connectivity index (χ3v) is 7.58. The molecule has 172 valence electrons. The summed E-state index contributed by atoms with van der Waals surface area (Å²) in [7, 11) is -3.19. The number of rotatable bonds is 8. The maximum Gasteiger partial charge on any atom is 0.251 e. The molecule has 0 spiro atoms. The Balaban J connectivity index is 1.40. The van der Waals surface area contributed by atoms with Crippen LogP contribution in [0.3, 0.4) is 0 Å². The van der Waals surface area contributed by atoms with E-state index < -0.39 is 9.84 Å². The highest BCUT2D eigenvalue weighted by Crippen LogP contribution is 2.22. The lowest BCUT2D eigenvalue weighted by atomic mass is 10.0. The van der Waals surface area contributed by atoms with Crippen LogP contribution in [0, 0.1) is 6.92 Å². The standard InChI is InChI=1S/C24H31N3O4S/c1-3-32(30,31)21-10-8-20(9-11-21)27-16-13-19(14-17-27)26-23(28)12-15-25-24(29)22-7-5-4-6-18(22)2/h4-11,19H,3,12-17H2,1-2H3,(H,25,29)(H,26,28). The molecule has 2 amide bonds. The number of piperidine rings is 1. The van der Waals surface area contributed by atoms with Crippen LogP contribution >= 0.6 is 0 Å². The summed E-state index contributed by atoms with van der Waals surface area (Å²) in [6.45, 7) is 5.39. The van der Waals surface area contributed by atoms with Crippen LogP contribution in [0.1, 0.15) is 42.1 Å². The quantitative estimate of drug-likeness (QED) is 0.636. The summed E-state index contributed by atoms with van der Waals surface area (Å²) >= 11 is 0. The van der Waals surface area contributed by atoms with E-state index in [4.69, 9.17) is 0 Å². The molecule has 1 saturated heterocycles. The smallest absolute Gasteiger partial charge is 0.251 e. The van der Waals surface area contributed by atoms with Gasteiger partial charge in [0.25, 0.3) is 5.91 Å². The summed E-state index contributed by atoms with van der Waals surface area (Å²) in [5, 5.41) is 5.86. The predicted octanol–water partition coefficient (Wildman–Crippen LogP) is 2.69. The van der Waals surface area contributed by atoms with Gasteiger partial charge in [-0.05, 0) is 55.7 Å². The van der Waals surface area contributed by atoms with Crippen molar-refractivity contribution in [3.8, 4) is 0 Å². The lowest BCUT2D eigenvalue weighted by Crippen LogP contribution is -2.45.